The topological polar surface area (TPSA) is 52.8 Å². The highest BCUT2D eigenvalue weighted by atomic mass is 16.5. The van der Waals surface area contributed by atoms with Crippen LogP contribution in [0.3, 0.4) is 0 Å². The third-order valence-electron chi connectivity index (χ3n) is 3.77. The molecule has 0 aliphatic carbocycles. The zero-order chi connectivity index (χ0) is 16.1. The predicted molar refractivity (Wildman–Crippen MR) is 89.3 cm³/mol. The minimum absolute atomic E-state index is 0.838. The van der Waals surface area contributed by atoms with Crippen LogP contribution in [0.25, 0.3) is 11.4 Å². The van der Waals surface area contributed by atoms with Gasteiger partial charge in [0, 0.05) is 37.8 Å². The Morgan fingerprint density at radius 2 is 1.96 bits per heavy atom. The molecule has 0 aliphatic heterocycles. The molecule has 5 nitrogen and oxygen atoms in total. The van der Waals surface area contributed by atoms with Crippen LogP contribution in [-0.4, -0.2) is 26.6 Å². The molecule has 0 aliphatic rings. The van der Waals surface area contributed by atoms with Crippen molar-refractivity contribution in [3.05, 3.63) is 60.4 Å². The molecule has 0 amide bonds. The Balaban J connectivity index is 1.75. The van der Waals surface area contributed by atoms with Crippen molar-refractivity contribution in [3.63, 3.8) is 0 Å². The van der Waals surface area contributed by atoms with E-state index in [4.69, 9.17) is 4.74 Å². The Morgan fingerprint density at radius 3 is 2.70 bits per heavy atom. The average Bonchev–Trinajstić information content (AvgIpc) is 3.09. The van der Waals surface area contributed by atoms with Crippen molar-refractivity contribution >= 4 is 0 Å². The van der Waals surface area contributed by atoms with Crippen LogP contribution in [0.2, 0.25) is 0 Å². The molecule has 0 fully saturated rings. The van der Waals surface area contributed by atoms with Gasteiger partial charge in [-0.2, -0.15) is 0 Å². The summed E-state index contributed by atoms with van der Waals surface area (Å²) in [4.78, 5) is 13.2. The lowest BCUT2D eigenvalue weighted by Gasteiger charge is -2.09. The number of benzene rings is 1. The van der Waals surface area contributed by atoms with E-state index in [0.717, 1.165) is 42.3 Å². The molecule has 3 aromatic rings. The third-order valence-corrected chi connectivity index (χ3v) is 3.77. The summed E-state index contributed by atoms with van der Waals surface area (Å²) in [6.07, 6.45) is 9.24. The molecule has 3 rings (SSSR count). The molecule has 5 heteroatoms. The summed E-state index contributed by atoms with van der Waals surface area (Å²) in [6, 6.07) is 8.15. The van der Waals surface area contributed by atoms with Crippen LogP contribution in [0.1, 0.15) is 18.3 Å². The van der Waals surface area contributed by atoms with Crippen molar-refractivity contribution in [2.24, 2.45) is 0 Å². The molecule has 0 unspecified atom stereocenters. The van der Waals surface area contributed by atoms with E-state index in [9.17, 15) is 0 Å². The molecule has 0 bridgehead atoms. The first kappa shape index (κ1) is 15.2. The Morgan fingerprint density at radius 1 is 1.13 bits per heavy atom. The fourth-order valence-corrected chi connectivity index (χ4v) is 2.48. The molecule has 0 atom stereocenters. The van der Waals surface area contributed by atoms with E-state index in [0.29, 0.717) is 0 Å². The average molecular weight is 308 g/mol. The van der Waals surface area contributed by atoms with Gasteiger partial charge in [-0.3, -0.25) is 0 Å². The Bertz CT molecular complexity index is 765. The molecule has 1 aromatic carbocycles. The van der Waals surface area contributed by atoms with Crippen LogP contribution in [0.15, 0.2) is 49.1 Å². The Hall–Kier alpha value is -2.69. The highest BCUT2D eigenvalue weighted by Crippen LogP contribution is 2.18. The smallest absolute Gasteiger partial charge is 0.143 e. The van der Waals surface area contributed by atoms with Crippen LogP contribution in [-0.2, 0) is 19.4 Å². The van der Waals surface area contributed by atoms with E-state index in [2.05, 4.69) is 31.7 Å². The van der Waals surface area contributed by atoms with Crippen LogP contribution in [0.4, 0.5) is 0 Å². The monoisotopic (exact) mass is 308 g/mol. The number of hydrogen-bond donors (Lipinski definition) is 0. The highest BCUT2D eigenvalue weighted by molar-refractivity contribution is 5.52. The van der Waals surface area contributed by atoms with Crippen molar-refractivity contribution in [1.29, 1.82) is 0 Å². The molecule has 0 saturated carbocycles. The largest absolute Gasteiger partial charge is 0.497 e. The van der Waals surface area contributed by atoms with Crippen LogP contribution in [0, 0.1) is 0 Å². The molecule has 0 saturated heterocycles. The van der Waals surface area contributed by atoms with E-state index >= 15 is 0 Å². The van der Waals surface area contributed by atoms with Gasteiger partial charge in [0.05, 0.1) is 12.7 Å². The first-order valence-corrected chi connectivity index (χ1v) is 7.75. The van der Waals surface area contributed by atoms with Crippen molar-refractivity contribution in [3.8, 4) is 17.1 Å². The molecule has 23 heavy (non-hydrogen) atoms. The molecule has 118 valence electrons. The maximum Gasteiger partial charge on any atom is 0.143 e. The van der Waals surface area contributed by atoms with Gasteiger partial charge < -0.3 is 9.30 Å². The van der Waals surface area contributed by atoms with E-state index in [1.165, 1.54) is 5.56 Å². The Kier molecular flexibility index (Phi) is 4.66. The number of imidazole rings is 1. The number of ether oxygens (including phenoxy) is 1. The lowest BCUT2D eigenvalue weighted by Crippen LogP contribution is -2.03. The minimum Gasteiger partial charge on any atom is -0.497 e. The van der Waals surface area contributed by atoms with Gasteiger partial charge in [-0.25, -0.2) is 15.0 Å². The van der Waals surface area contributed by atoms with Gasteiger partial charge in [-0.05, 0) is 24.1 Å². The maximum atomic E-state index is 5.27. The number of rotatable bonds is 6. The number of nitrogens with zero attached hydrogens (tertiary/aromatic N) is 4. The standard InChI is InChI=1S/C18H20N4O/c1-3-17-20-12-15(13-21-17)18-19-8-10-22(18)9-7-14-5-4-6-16(11-14)23-2/h4-6,8,10-13H,3,7,9H2,1-2H3. The molecular formula is C18H20N4O. The van der Waals surface area contributed by atoms with E-state index < -0.39 is 0 Å². The first-order chi connectivity index (χ1) is 11.3. The van der Waals surface area contributed by atoms with Crippen molar-refractivity contribution < 1.29 is 4.74 Å². The molecule has 2 aromatic heterocycles. The second-order valence-corrected chi connectivity index (χ2v) is 5.29. The third kappa shape index (κ3) is 3.56. The summed E-state index contributed by atoms with van der Waals surface area (Å²) < 4.78 is 7.40. The SMILES string of the molecule is CCc1ncc(-c2nccn2CCc2cccc(OC)c2)cn1. The van der Waals surface area contributed by atoms with E-state index in [-0.39, 0.29) is 0 Å². The number of hydrogen-bond acceptors (Lipinski definition) is 4. The molecular weight excluding hydrogens is 288 g/mol. The molecule has 0 spiro atoms. The molecule has 2 heterocycles. The van der Waals surface area contributed by atoms with Crippen LogP contribution >= 0.6 is 0 Å². The first-order valence-electron chi connectivity index (χ1n) is 7.75. The van der Waals surface area contributed by atoms with E-state index in [1.54, 1.807) is 7.11 Å². The van der Waals surface area contributed by atoms with Gasteiger partial charge in [-0.15, -0.1) is 0 Å². The maximum absolute atomic E-state index is 5.27. The lowest BCUT2D eigenvalue weighted by molar-refractivity contribution is 0.414. The number of aryl methyl sites for hydroxylation is 3. The highest BCUT2D eigenvalue weighted by Gasteiger charge is 2.07. The predicted octanol–water partition coefficient (Wildman–Crippen LogP) is 3.15. The normalized spacial score (nSPS) is 10.7. The summed E-state index contributed by atoms with van der Waals surface area (Å²) in [5.41, 5.74) is 2.18. The number of methoxy groups -OCH3 is 1. The van der Waals surface area contributed by atoms with Gasteiger partial charge in [0.2, 0.25) is 0 Å². The van der Waals surface area contributed by atoms with Gasteiger partial charge in [-0.1, -0.05) is 19.1 Å². The van der Waals surface area contributed by atoms with Crippen LogP contribution in [0.5, 0.6) is 5.75 Å². The van der Waals surface area contributed by atoms with Crippen LogP contribution < -0.4 is 4.74 Å². The zero-order valence-electron chi connectivity index (χ0n) is 13.4. The summed E-state index contributed by atoms with van der Waals surface area (Å²) in [5, 5.41) is 0. The van der Waals surface area contributed by atoms with Crippen molar-refractivity contribution in [1.82, 2.24) is 19.5 Å². The zero-order valence-corrected chi connectivity index (χ0v) is 13.4. The summed E-state index contributed by atoms with van der Waals surface area (Å²) in [5.74, 6) is 2.63. The minimum atomic E-state index is 0.838. The fraction of sp³-hybridized carbons (Fsp3) is 0.278. The van der Waals surface area contributed by atoms with Gasteiger partial charge in [0.1, 0.15) is 17.4 Å². The van der Waals surface area contributed by atoms with Crippen molar-refractivity contribution in [2.75, 3.05) is 7.11 Å². The Labute approximate surface area is 136 Å². The summed E-state index contributed by atoms with van der Waals surface area (Å²) in [6.45, 7) is 2.89. The molecule has 0 radical (unpaired) electrons. The summed E-state index contributed by atoms with van der Waals surface area (Å²) >= 11 is 0. The van der Waals surface area contributed by atoms with Gasteiger partial charge >= 0.3 is 0 Å². The fourth-order valence-electron chi connectivity index (χ4n) is 2.48. The molecule has 0 N–H and O–H groups in total. The van der Waals surface area contributed by atoms with Gasteiger partial charge in [0.25, 0.3) is 0 Å². The van der Waals surface area contributed by atoms with Gasteiger partial charge in [0.15, 0.2) is 0 Å². The van der Waals surface area contributed by atoms with Crippen molar-refractivity contribution in [2.45, 2.75) is 26.3 Å². The second kappa shape index (κ2) is 7.05. The number of aromatic nitrogens is 4. The summed E-state index contributed by atoms with van der Waals surface area (Å²) in [7, 11) is 1.69. The lowest BCUT2D eigenvalue weighted by atomic mass is 10.1. The second-order valence-electron chi connectivity index (χ2n) is 5.29. The quantitative estimate of drug-likeness (QED) is 0.702. The van der Waals surface area contributed by atoms with E-state index in [1.807, 2.05) is 43.8 Å².